The molecular weight excluding hydrogens is 328 g/mol. The first-order valence-corrected chi connectivity index (χ1v) is 9.28. The van der Waals surface area contributed by atoms with E-state index in [4.69, 9.17) is 4.74 Å². The Kier molecular flexibility index (Phi) is 4.24. The molecule has 0 aliphatic heterocycles. The zero-order valence-electron chi connectivity index (χ0n) is 14.0. The van der Waals surface area contributed by atoms with E-state index in [-0.39, 0.29) is 5.43 Å². The molecule has 3 heteroatoms. The lowest BCUT2D eigenvalue weighted by Crippen LogP contribution is -2.04. The lowest BCUT2D eigenvalue weighted by atomic mass is 10.0. The molecule has 124 valence electrons. The molecule has 3 aromatic carbocycles. The van der Waals surface area contributed by atoms with Gasteiger partial charge in [0, 0.05) is 10.1 Å². The van der Waals surface area contributed by atoms with E-state index < -0.39 is 0 Å². The van der Waals surface area contributed by atoms with Crippen molar-refractivity contribution in [3.8, 4) is 16.9 Å². The maximum absolute atomic E-state index is 13.3. The van der Waals surface area contributed by atoms with Gasteiger partial charge in [0.05, 0.1) is 16.7 Å². The van der Waals surface area contributed by atoms with Gasteiger partial charge < -0.3 is 4.74 Å². The summed E-state index contributed by atoms with van der Waals surface area (Å²) in [4.78, 5) is 13.3. The third-order valence-electron chi connectivity index (χ3n) is 4.24. The molecule has 0 aliphatic rings. The van der Waals surface area contributed by atoms with Crippen LogP contribution in [-0.2, 0) is 0 Å². The van der Waals surface area contributed by atoms with Crippen LogP contribution in [0.2, 0.25) is 0 Å². The zero-order chi connectivity index (χ0) is 17.2. The maximum atomic E-state index is 13.3. The lowest BCUT2D eigenvalue weighted by Gasteiger charge is -2.12. The largest absolute Gasteiger partial charge is 0.492 e. The summed E-state index contributed by atoms with van der Waals surface area (Å²) in [5.41, 5.74) is 2.09. The van der Waals surface area contributed by atoms with Crippen LogP contribution in [0.15, 0.2) is 71.5 Å². The van der Waals surface area contributed by atoms with Crippen molar-refractivity contribution >= 4 is 31.5 Å². The zero-order valence-corrected chi connectivity index (χ0v) is 14.8. The molecule has 0 radical (unpaired) electrons. The van der Waals surface area contributed by atoms with Crippen LogP contribution in [0.25, 0.3) is 31.3 Å². The van der Waals surface area contributed by atoms with Gasteiger partial charge in [0.2, 0.25) is 0 Å². The van der Waals surface area contributed by atoms with Crippen LogP contribution in [0.5, 0.6) is 5.75 Å². The Balaban J connectivity index is 2.11. The third kappa shape index (κ3) is 2.81. The molecule has 0 saturated heterocycles. The molecule has 1 aromatic heterocycles. The Hall–Kier alpha value is -2.65. The molecule has 4 rings (SSSR count). The predicted molar refractivity (Wildman–Crippen MR) is 107 cm³/mol. The standard InChI is InChI=1S/C22H18O2S/c1-2-14-24-18-13-12-16(15-8-4-3-5-9-15)20-21(23)17-10-6-7-11-19(17)25-22(18)20/h3-13H,2,14H2,1H3. The van der Waals surface area contributed by atoms with Crippen molar-refractivity contribution in [2.24, 2.45) is 0 Å². The molecule has 1 heterocycles. The van der Waals surface area contributed by atoms with E-state index in [1.54, 1.807) is 11.3 Å². The second-order valence-corrected chi connectivity index (χ2v) is 7.01. The van der Waals surface area contributed by atoms with Crippen LogP contribution in [0.3, 0.4) is 0 Å². The second-order valence-electron chi connectivity index (χ2n) is 5.96. The highest BCUT2D eigenvalue weighted by atomic mass is 32.1. The average Bonchev–Trinajstić information content (AvgIpc) is 2.67. The number of hydrogen-bond acceptors (Lipinski definition) is 3. The molecule has 0 spiro atoms. The van der Waals surface area contributed by atoms with Gasteiger partial charge in [-0.1, -0.05) is 49.4 Å². The molecule has 0 aliphatic carbocycles. The minimum Gasteiger partial charge on any atom is -0.492 e. The van der Waals surface area contributed by atoms with Gasteiger partial charge in [-0.3, -0.25) is 4.79 Å². The SMILES string of the molecule is CCCOc1ccc(-c2ccccc2)c2c(=O)c3ccccc3sc12. The summed E-state index contributed by atoms with van der Waals surface area (Å²) in [6.07, 6.45) is 0.935. The summed E-state index contributed by atoms with van der Waals surface area (Å²) < 4.78 is 7.86. The molecule has 4 aromatic rings. The molecule has 0 bridgehead atoms. The van der Waals surface area contributed by atoms with Gasteiger partial charge in [-0.15, -0.1) is 11.3 Å². The van der Waals surface area contributed by atoms with Gasteiger partial charge >= 0.3 is 0 Å². The van der Waals surface area contributed by atoms with Crippen LogP contribution in [0.4, 0.5) is 0 Å². The number of ether oxygens (including phenoxy) is 1. The van der Waals surface area contributed by atoms with Gasteiger partial charge in [-0.2, -0.15) is 0 Å². The van der Waals surface area contributed by atoms with Crippen molar-refractivity contribution in [2.45, 2.75) is 13.3 Å². The number of fused-ring (bicyclic) bond motifs is 2. The summed E-state index contributed by atoms with van der Waals surface area (Å²) >= 11 is 1.63. The first kappa shape index (κ1) is 15.9. The van der Waals surface area contributed by atoms with Crippen LogP contribution in [-0.4, -0.2) is 6.61 Å². The van der Waals surface area contributed by atoms with E-state index in [2.05, 4.69) is 6.92 Å². The molecule has 0 amide bonds. The summed E-state index contributed by atoms with van der Waals surface area (Å²) in [5.74, 6) is 0.796. The van der Waals surface area contributed by atoms with Gasteiger partial charge in [-0.05, 0) is 41.8 Å². The van der Waals surface area contributed by atoms with Crippen molar-refractivity contribution in [3.05, 3.63) is 77.0 Å². The Morgan fingerprint density at radius 2 is 1.68 bits per heavy atom. The van der Waals surface area contributed by atoms with Crippen LogP contribution < -0.4 is 10.2 Å². The van der Waals surface area contributed by atoms with Crippen LogP contribution in [0, 0.1) is 0 Å². The Morgan fingerprint density at radius 3 is 2.48 bits per heavy atom. The topological polar surface area (TPSA) is 26.3 Å². The minimum absolute atomic E-state index is 0.0742. The fraction of sp³-hybridized carbons (Fsp3) is 0.136. The van der Waals surface area contributed by atoms with Gasteiger partial charge in [-0.25, -0.2) is 0 Å². The number of hydrogen-bond donors (Lipinski definition) is 0. The molecule has 2 nitrogen and oxygen atoms in total. The highest BCUT2D eigenvalue weighted by molar-refractivity contribution is 7.25. The molecule has 0 N–H and O–H groups in total. The quantitative estimate of drug-likeness (QED) is 0.432. The van der Waals surface area contributed by atoms with E-state index in [9.17, 15) is 4.79 Å². The summed E-state index contributed by atoms with van der Waals surface area (Å²) in [5, 5.41) is 1.52. The van der Waals surface area contributed by atoms with Crippen molar-refractivity contribution in [1.82, 2.24) is 0 Å². The van der Waals surface area contributed by atoms with E-state index in [1.165, 1.54) is 0 Å². The Bertz CT molecular complexity index is 1100. The van der Waals surface area contributed by atoms with E-state index in [0.29, 0.717) is 6.61 Å². The Morgan fingerprint density at radius 1 is 0.920 bits per heavy atom. The highest BCUT2D eigenvalue weighted by Gasteiger charge is 2.15. The lowest BCUT2D eigenvalue weighted by molar-refractivity contribution is 0.321. The van der Waals surface area contributed by atoms with Gasteiger partial charge in [0.15, 0.2) is 5.43 Å². The first-order chi connectivity index (χ1) is 12.3. The molecule has 25 heavy (non-hydrogen) atoms. The predicted octanol–water partition coefficient (Wildman–Crippen LogP) is 5.87. The number of benzene rings is 3. The molecule has 0 atom stereocenters. The normalized spacial score (nSPS) is 11.1. The molecule has 0 fully saturated rings. The summed E-state index contributed by atoms with van der Waals surface area (Å²) in [7, 11) is 0. The second kappa shape index (κ2) is 6.69. The summed E-state index contributed by atoms with van der Waals surface area (Å²) in [6.45, 7) is 2.73. The highest BCUT2D eigenvalue weighted by Crippen LogP contribution is 2.37. The van der Waals surface area contributed by atoms with Crippen molar-refractivity contribution in [3.63, 3.8) is 0 Å². The fourth-order valence-corrected chi connectivity index (χ4v) is 4.23. The van der Waals surface area contributed by atoms with E-state index in [0.717, 1.165) is 43.5 Å². The van der Waals surface area contributed by atoms with E-state index >= 15 is 0 Å². The van der Waals surface area contributed by atoms with Gasteiger partial charge in [0.25, 0.3) is 0 Å². The minimum atomic E-state index is 0.0742. The maximum Gasteiger partial charge on any atom is 0.196 e. The fourth-order valence-electron chi connectivity index (χ4n) is 3.06. The van der Waals surface area contributed by atoms with Crippen LogP contribution in [0.1, 0.15) is 13.3 Å². The molecule has 0 unspecified atom stereocenters. The first-order valence-electron chi connectivity index (χ1n) is 8.46. The monoisotopic (exact) mass is 346 g/mol. The van der Waals surface area contributed by atoms with Crippen molar-refractivity contribution in [1.29, 1.82) is 0 Å². The summed E-state index contributed by atoms with van der Waals surface area (Å²) in [6, 6.07) is 21.9. The van der Waals surface area contributed by atoms with Crippen LogP contribution >= 0.6 is 11.3 Å². The number of rotatable bonds is 4. The smallest absolute Gasteiger partial charge is 0.196 e. The average molecular weight is 346 g/mol. The molecular formula is C22H18O2S. The van der Waals surface area contributed by atoms with Gasteiger partial charge in [0.1, 0.15) is 5.75 Å². The Labute approximate surface area is 150 Å². The van der Waals surface area contributed by atoms with E-state index in [1.807, 2.05) is 66.7 Å². The van der Waals surface area contributed by atoms with Crippen molar-refractivity contribution < 1.29 is 4.74 Å². The molecule has 0 saturated carbocycles. The van der Waals surface area contributed by atoms with Crippen molar-refractivity contribution in [2.75, 3.05) is 6.61 Å². The third-order valence-corrected chi connectivity index (χ3v) is 5.42.